The van der Waals surface area contributed by atoms with Gasteiger partial charge in [0.15, 0.2) is 0 Å². The summed E-state index contributed by atoms with van der Waals surface area (Å²) in [6, 6.07) is 7.79. The fraction of sp³-hybridized carbons (Fsp3) is 0.214. The molecule has 0 aliphatic heterocycles. The Balaban J connectivity index is 1.64. The molecular formula is C14H11F2N3O3S. The first kappa shape index (κ1) is 15.5. The number of aryl methyl sites for hydroxylation is 1. The molecule has 0 fully saturated rings. The van der Waals surface area contributed by atoms with Crippen molar-refractivity contribution in [2.45, 2.75) is 24.5 Å². The Morgan fingerprint density at radius 2 is 2.00 bits per heavy atom. The lowest BCUT2D eigenvalue weighted by atomic mass is 10.2. The quantitative estimate of drug-likeness (QED) is 0.630. The Morgan fingerprint density at radius 1 is 1.22 bits per heavy atom. The minimum atomic E-state index is -2.85. The Morgan fingerprint density at radius 3 is 2.65 bits per heavy atom. The van der Waals surface area contributed by atoms with Crippen LogP contribution in [0.4, 0.5) is 8.78 Å². The number of alkyl halides is 2. The Labute approximate surface area is 133 Å². The van der Waals surface area contributed by atoms with E-state index in [9.17, 15) is 8.78 Å². The zero-order valence-corrected chi connectivity index (χ0v) is 12.7. The van der Waals surface area contributed by atoms with E-state index in [1.807, 2.05) is 13.0 Å². The van der Waals surface area contributed by atoms with Crippen molar-refractivity contribution in [2.24, 2.45) is 0 Å². The van der Waals surface area contributed by atoms with E-state index in [0.29, 0.717) is 28.2 Å². The van der Waals surface area contributed by atoms with Gasteiger partial charge in [-0.3, -0.25) is 0 Å². The molecule has 0 aliphatic rings. The third kappa shape index (κ3) is 4.07. The predicted octanol–water partition coefficient (Wildman–Crippen LogP) is 3.93. The molecule has 9 heteroatoms. The van der Waals surface area contributed by atoms with E-state index >= 15 is 0 Å². The largest absolute Gasteiger partial charge is 0.435 e. The van der Waals surface area contributed by atoms with Gasteiger partial charge < -0.3 is 13.7 Å². The molecule has 23 heavy (non-hydrogen) atoms. The summed E-state index contributed by atoms with van der Waals surface area (Å²) in [6.07, 6.45) is 0. The summed E-state index contributed by atoms with van der Waals surface area (Å²) in [7, 11) is 0. The van der Waals surface area contributed by atoms with Gasteiger partial charge in [-0.2, -0.15) is 8.78 Å². The van der Waals surface area contributed by atoms with E-state index < -0.39 is 6.61 Å². The van der Waals surface area contributed by atoms with Crippen molar-refractivity contribution in [2.75, 3.05) is 0 Å². The SMILES string of the molecule is Cc1cc(CSc2nnc(-c3ccc(OC(F)F)cc3)o2)on1. The van der Waals surface area contributed by atoms with Crippen molar-refractivity contribution < 1.29 is 22.5 Å². The standard InChI is InChI=1S/C14H11F2N3O3S/c1-8-6-11(22-19-8)7-23-14-18-17-12(21-14)9-2-4-10(5-3-9)20-13(15)16/h2-6,13H,7H2,1H3. The molecule has 0 saturated carbocycles. The van der Waals surface area contributed by atoms with Crippen LogP contribution in [-0.4, -0.2) is 22.0 Å². The van der Waals surface area contributed by atoms with Gasteiger partial charge in [0.25, 0.3) is 5.22 Å². The fourth-order valence-corrected chi connectivity index (χ4v) is 2.42. The molecule has 0 radical (unpaired) electrons. The molecule has 6 nitrogen and oxygen atoms in total. The Kier molecular flexibility index (Phi) is 4.56. The van der Waals surface area contributed by atoms with E-state index in [1.54, 1.807) is 12.1 Å². The van der Waals surface area contributed by atoms with Crippen molar-refractivity contribution in [1.82, 2.24) is 15.4 Å². The highest BCUT2D eigenvalue weighted by Crippen LogP contribution is 2.27. The van der Waals surface area contributed by atoms with Crippen molar-refractivity contribution >= 4 is 11.8 Å². The fourth-order valence-electron chi connectivity index (χ4n) is 1.78. The van der Waals surface area contributed by atoms with Crippen LogP contribution in [0, 0.1) is 6.92 Å². The first-order valence-corrected chi connectivity index (χ1v) is 7.52. The van der Waals surface area contributed by atoms with Crippen molar-refractivity contribution in [3.63, 3.8) is 0 Å². The third-order valence-electron chi connectivity index (χ3n) is 2.75. The van der Waals surface area contributed by atoms with E-state index in [2.05, 4.69) is 20.1 Å². The van der Waals surface area contributed by atoms with Gasteiger partial charge in [0.2, 0.25) is 5.89 Å². The summed E-state index contributed by atoms with van der Waals surface area (Å²) in [6.45, 7) is -1.02. The maximum absolute atomic E-state index is 12.1. The van der Waals surface area contributed by atoms with E-state index in [4.69, 9.17) is 8.94 Å². The molecule has 0 bridgehead atoms. The van der Waals surface area contributed by atoms with Crippen LogP contribution < -0.4 is 4.74 Å². The predicted molar refractivity (Wildman–Crippen MR) is 77.2 cm³/mol. The molecule has 2 heterocycles. The number of benzene rings is 1. The van der Waals surface area contributed by atoms with Crippen LogP contribution in [0.1, 0.15) is 11.5 Å². The second-order valence-electron chi connectivity index (χ2n) is 4.50. The van der Waals surface area contributed by atoms with Crippen molar-refractivity contribution in [3.05, 3.63) is 41.8 Å². The average Bonchev–Trinajstić information content (AvgIpc) is 3.14. The highest BCUT2D eigenvalue weighted by Gasteiger charge is 2.11. The minimum Gasteiger partial charge on any atom is -0.435 e. The lowest BCUT2D eigenvalue weighted by Crippen LogP contribution is -2.01. The second kappa shape index (κ2) is 6.78. The molecule has 2 aromatic heterocycles. The molecule has 0 saturated heterocycles. The number of thioether (sulfide) groups is 1. The van der Waals surface area contributed by atoms with Crippen LogP contribution in [0.2, 0.25) is 0 Å². The van der Waals surface area contributed by atoms with Gasteiger partial charge in [-0.15, -0.1) is 10.2 Å². The van der Waals surface area contributed by atoms with Crippen LogP contribution in [0.3, 0.4) is 0 Å². The molecule has 3 rings (SSSR count). The number of halogens is 2. The smallest absolute Gasteiger partial charge is 0.387 e. The number of aromatic nitrogens is 3. The van der Waals surface area contributed by atoms with Crippen LogP contribution in [-0.2, 0) is 5.75 Å². The van der Waals surface area contributed by atoms with E-state index in [-0.39, 0.29) is 5.75 Å². The summed E-state index contributed by atoms with van der Waals surface area (Å²) >= 11 is 1.32. The van der Waals surface area contributed by atoms with E-state index in [1.165, 1.54) is 23.9 Å². The normalized spacial score (nSPS) is 11.1. The number of hydrogen-bond donors (Lipinski definition) is 0. The summed E-state index contributed by atoms with van der Waals surface area (Å²) in [5.74, 6) is 1.59. The number of rotatable bonds is 6. The summed E-state index contributed by atoms with van der Waals surface area (Å²) < 4.78 is 39.1. The molecule has 0 N–H and O–H groups in total. The lowest BCUT2D eigenvalue weighted by Gasteiger charge is -2.03. The highest BCUT2D eigenvalue weighted by atomic mass is 32.2. The third-order valence-corrected chi connectivity index (χ3v) is 3.59. The number of hydrogen-bond acceptors (Lipinski definition) is 7. The van der Waals surface area contributed by atoms with E-state index in [0.717, 1.165) is 5.69 Å². The molecule has 0 spiro atoms. The summed E-state index contributed by atoms with van der Waals surface area (Å²) in [5.41, 5.74) is 1.42. The number of ether oxygens (including phenoxy) is 1. The first-order chi connectivity index (χ1) is 11.1. The minimum absolute atomic E-state index is 0.0681. The van der Waals surface area contributed by atoms with Crippen LogP contribution in [0.15, 0.2) is 44.5 Å². The molecule has 0 aliphatic carbocycles. The van der Waals surface area contributed by atoms with Crippen molar-refractivity contribution in [3.8, 4) is 17.2 Å². The molecule has 0 unspecified atom stereocenters. The zero-order valence-electron chi connectivity index (χ0n) is 11.9. The molecule has 1 aromatic carbocycles. The lowest BCUT2D eigenvalue weighted by molar-refractivity contribution is -0.0498. The average molecular weight is 339 g/mol. The second-order valence-corrected chi connectivity index (χ2v) is 5.43. The monoisotopic (exact) mass is 339 g/mol. The molecule has 0 atom stereocenters. The summed E-state index contributed by atoms with van der Waals surface area (Å²) in [4.78, 5) is 0. The molecule has 0 amide bonds. The molecular weight excluding hydrogens is 328 g/mol. The zero-order chi connectivity index (χ0) is 16.2. The topological polar surface area (TPSA) is 74.2 Å². The van der Waals surface area contributed by atoms with Gasteiger partial charge in [-0.1, -0.05) is 16.9 Å². The van der Waals surface area contributed by atoms with Crippen molar-refractivity contribution in [1.29, 1.82) is 0 Å². The summed E-state index contributed by atoms with van der Waals surface area (Å²) in [5, 5.41) is 12.0. The van der Waals surface area contributed by atoms with Gasteiger partial charge in [0.05, 0.1) is 11.4 Å². The molecule has 120 valence electrons. The van der Waals surface area contributed by atoms with Gasteiger partial charge in [-0.05, 0) is 31.2 Å². The van der Waals surface area contributed by atoms with Gasteiger partial charge in [0.1, 0.15) is 11.5 Å². The van der Waals surface area contributed by atoms with Gasteiger partial charge >= 0.3 is 6.61 Å². The van der Waals surface area contributed by atoms with Crippen LogP contribution >= 0.6 is 11.8 Å². The molecule has 3 aromatic rings. The van der Waals surface area contributed by atoms with Gasteiger partial charge in [0, 0.05) is 11.6 Å². The van der Waals surface area contributed by atoms with Crippen LogP contribution in [0.25, 0.3) is 11.5 Å². The highest BCUT2D eigenvalue weighted by molar-refractivity contribution is 7.98. The Bertz CT molecular complexity index is 774. The maximum atomic E-state index is 12.1. The van der Waals surface area contributed by atoms with Crippen LogP contribution in [0.5, 0.6) is 5.75 Å². The number of nitrogens with zero attached hydrogens (tertiary/aromatic N) is 3. The first-order valence-electron chi connectivity index (χ1n) is 6.54. The maximum Gasteiger partial charge on any atom is 0.387 e. The van der Waals surface area contributed by atoms with Gasteiger partial charge in [-0.25, -0.2) is 0 Å². The Hall–Kier alpha value is -2.42.